The molecule has 1 aromatic carbocycles. The fraction of sp³-hybridized carbons (Fsp3) is 0.467. The summed E-state index contributed by atoms with van der Waals surface area (Å²) in [6, 6.07) is 3.34. The maximum absolute atomic E-state index is 12.0. The number of aliphatic carboxylic acids is 1. The summed E-state index contributed by atoms with van der Waals surface area (Å²) in [7, 11) is 1.29. The zero-order valence-electron chi connectivity index (χ0n) is 12.5. The highest BCUT2D eigenvalue weighted by atomic mass is 35.5. The summed E-state index contributed by atoms with van der Waals surface area (Å²) in [5.74, 6) is -1.80. The Hall–Kier alpha value is -1.59. The van der Waals surface area contributed by atoms with E-state index in [0.29, 0.717) is 10.8 Å². The number of rotatable bonds is 6. The lowest BCUT2D eigenvalue weighted by atomic mass is 10.0. The van der Waals surface area contributed by atoms with Gasteiger partial charge in [0, 0.05) is 12.1 Å². The van der Waals surface area contributed by atoms with Crippen LogP contribution in [0.5, 0.6) is 5.75 Å². The SMILES string of the molecule is CO[C@H](C[C@H](C)C(=O)Oc1cc(C)c(Cl)c(C)c1)C(=O)O. The van der Waals surface area contributed by atoms with Crippen molar-refractivity contribution in [3.8, 4) is 5.75 Å². The minimum atomic E-state index is -1.10. The second-order valence-electron chi connectivity index (χ2n) is 4.99. The zero-order valence-corrected chi connectivity index (χ0v) is 13.2. The van der Waals surface area contributed by atoms with Crippen LogP contribution in [-0.4, -0.2) is 30.3 Å². The maximum Gasteiger partial charge on any atom is 0.332 e. The second kappa shape index (κ2) is 7.43. The van der Waals surface area contributed by atoms with E-state index < -0.39 is 24.0 Å². The van der Waals surface area contributed by atoms with Crippen LogP contribution < -0.4 is 4.74 Å². The van der Waals surface area contributed by atoms with E-state index >= 15 is 0 Å². The van der Waals surface area contributed by atoms with Crippen LogP contribution in [0.3, 0.4) is 0 Å². The van der Waals surface area contributed by atoms with Gasteiger partial charge in [0.15, 0.2) is 6.10 Å². The van der Waals surface area contributed by atoms with Crippen molar-refractivity contribution in [3.05, 3.63) is 28.3 Å². The molecule has 0 fully saturated rings. The number of hydrogen-bond acceptors (Lipinski definition) is 4. The summed E-state index contributed by atoms with van der Waals surface area (Å²) < 4.78 is 10.1. The molecule has 116 valence electrons. The van der Waals surface area contributed by atoms with Crippen LogP contribution in [0.15, 0.2) is 12.1 Å². The number of carboxylic acid groups (broad SMARTS) is 1. The van der Waals surface area contributed by atoms with Crippen molar-refractivity contribution in [2.45, 2.75) is 33.3 Å². The number of carboxylic acids is 1. The molecule has 1 aromatic rings. The molecule has 0 amide bonds. The molecule has 1 rings (SSSR count). The lowest BCUT2D eigenvalue weighted by Crippen LogP contribution is -2.29. The average Bonchev–Trinajstić information content (AvgIpc) is 2.41. The molecule has 0 saturated carbocycles. The van der Waals surface area contributed by atoms with Crippen LogP contribution in [0.1, 0.15) is 24.5 Å². The molecule has 2 atom stereocenters. The quantitative estimate of drug-likeness (QED) is 0.645. The van der Waals surface area contributed by atoms with Gasteiger partial charge in [0.25, 0.3) is 0 Å². The standard InChI is InChI=1S/C15H19ClO5/c1-8-5-11(6-9(2)13(8)16)21-15(19)10(3)7-12(20-4)14(17)18/h5-6,10,12H,7H2,1-4H3,(H,17,18)/t10-,12+/m0/s1. The van der Waals surface area contributed by atoms with Crippen LogP contribution in [0.25, 0.3) is 0 Å². The second-order valence-corrected chi connectivity index (χ2v) is 5.37. The molecule has 0 spiro atoms. The fourth-order valence-electron chi connectivity index (χ4n) is 1.90. The molecule has 0 saturated heterocycles. The average molecular weight is 315 g/mol. The van der Waals surface area contributed by atoms with Gasteiger partial charge in [-0.3, -0.25) is 4.79 Å². The maximum atomic E-state index is 12.0. The number of benzene rings is 1. The van der Waals surface area contributed by atoms with Gasteiger partial charge in [-0.15, -0.1) is 0 Å². The van der Waals surface area contributed by atoms with E-state index in [2.05, 4.69) is 0 Å². The van der Waals surface area contributed by atoms with E-state index in [-0.39, 0.29) is 6.42 Å². The first-order valence-corrected chi connectivity index (χ1v) is 6.88. The number of ether oxygens (including phenoxy) is 2. The first kappa shape index (κ1) is 17.5. The largest absolute Gasteiger partial charge is 0.479 e. The van der Waals surface area contributed by atoms with Crippen molar-refractivity contribution in [1.82, 2.24) is 0 Å². The monoisotopic (exact) mass is 314 g/mol. The van der Waals surface area contributed by atoms with Crippen molar-refractivity contribution in [1.29, 1.82) is 0 Å². The van der Waals surface area contributed by atoms with E-state index in [1.165, 1.54) is 7.11 Å². The molecule has 0 heterocycles. The van der Waals surface area contributed by atoms with Gasteiger partial charge in [-0.05, 0) is 43.5 Å². The highest BCUT2D eigenvalue weighted by Gasteiger charge is 2.25. The van der Waals surface area contributed by atoms with Crippen molar-refractivity contribution >= 4 is 23.5 Å². The van der Waals surface area contributed by atoms with Crippen LogP contribution in [0, 0.1) is 19.8 Å². The summed E-state index contributed by atoms with van der Waals surface area (Å²) in [6.45, 7) is 5.25. The summed E-state index contributed by atoms with van der Waals surface area (Å²) in [5.41, 5.74) is 1.62. The summed E-state index contributed by atoms with van der Waals surface area (Å²) in [5, 5.41) is 9.54. The normalized spacial score (nSPS) is 13.6. The third-order valence-electron chi connectivity index (χ3n) is 3.16. The zero-order chi connectivity index (χ0) is 16.2. The number of hydrogen-bond donors (Lipinski definition) is 1. The first-order chi connectivity index (χ1) is 9.76. The Morgan fingerprint density at radius 1 is 1.29 bits per heavy atom. The van der Waals surface area contributed by atoms with Gasteiger partial charge in [-0.1, -0.05) is 18.5 Å². The third-order valence-corrected chi connectivity index (χ3v) is 3.75. The molecule has 1 N–H and O–H groups in total. The first-order valence-electron chi connectivity index (χ1n) is 6.50. The molecular weight excluding hydrogens is 296 g/mol. The van der Waals surface area contributed by atoms with Crippen LogP contribution in [0.4, 0.5) is 0 Å². The van der Waals surface area contributed by atoms with Gasteiger partial charge in [-0.2, -0.15) is 0 Å². The van der Waals surface area contributed by atoms with E-state index in [0.717, 1.165) is 11.1 Å². The highest BCUT2D eigenvalue weighted by Crippen LogP contribution is 2.26. The predicted molar refractivity (Wildman–Crippen MR) is 78.8 cm³/mol. The van der Waals surface area contributed by atoms with E-state index in [1.807, 2.05) is 13.8 Å². The molecule has 0 aliphatic carbocycles. The molecule has 0 unspecified atom stereocenters. The Labute approximate surface area is 128 Å². The van der Waals surface area contributed by atoms with Gasteiger partial charge in [0.1, 0.15) is 5.75 Å². The van der Waals surface area contributed by atoms with Crippen LogP contribution >= 0.6 is 11.6 Å². The Kier molecular flexibility index (Phi) is 6.18. The van der Waals surface area contributed by atoms with E-state index in [1.54, 1.807) is 19.1 Å². The summed E-state index contributed by atoms with van der Waals surface area (Å²) in [4.78, 5) is 22.9. The lowest BCUT2D eigenvalue weighted by molar-refractivity contribution is -0.151. The Morgan fingerprint density at radius 2 is 1.81 bits per heavy atom. The minimum Gasteiger partial charge on any atom is -0.479 e. The molecule has 0 aromatic heterocycles. The van der Waals surface area contributed by atoms with Crippen LogP contribution in [-0.2, 0) is 14.3 Å². The van der Waals surface area contributed by atoms with Crippen molar-refractivity contribution in [3.63, 3.8) is 0 Å². The molecule has 5 nitrogen and oxygen atoms in total. The molecule has 0 aliphatic heterocycles. The highest BCUT2D eigenvalue weighted by molar-refractivity contribution is 6.32. The number of aryl methyl sites for hydroxylation is 2. The number of halogens is 1. The van der Waals surface area contributed by atoms with Crippen molar-refractivity contribution < 1.29 is 24.2 Å². The smallest absolute Gasteiger partial charge is 0.332 e. The van der Waals surface area contributed by atoms with Gasteiger partial charge in [-0.25, -0.2) is 4.79 Å². The van der Waals surface area contributed by atoms with Crippen LogP contribution in [0.2, 0.25) is 5.02 Å². The lowest BCUT2D eigenvalue weighted by Gasteiger charge is -2.16. The summed E-state index contributed by atoms with van der Waals surface area (Å²) >= 11 is 6.05. The number of carbonyl (C=O) groups excluding carboxylic acids is 1. The van der Waals surface area contributed by atoms with Crippen molar-refractivity contribution in [2.75, 3.05) is 7.11 Å². The van der Waals surface area contributed by atoms with Gasteiger partial charge in [0.2, 0.25) is 0 Å². The van der Waals surface area contributed by atoms with Gasteiger partial charge >= 0.3 is 11.9 Å². The Balaban J connectivity index is 2.74. The minimum absolute atomic E-state index is 0.0518. The Bertz CT molecular complexity index is 518. The molecule has 6 heteroatoms. The van der Waals surface area contributed by atoms with E-state index in [9.17, 15) is 9.59 Å². The number of methoxy groups -OCH3 is 1. The van der Waals surface area contributed by atoms with Gasteiger partial charge in [0.05, 0.1) is 5.92 Å². The Morgan fingerprint density at radius 3 is 2.24 bits per heavy atom. The van der Waals surface area contributed by atoms with Gasteiger partial charge < -0.3 is 14.6 Å². The molecule has 0 radical (unpaired) electrons. The predicted octanol–water partition coefficient (Wildman–Crippen LogP) is 2.99. The molecule has 21 heavy (non-hydrogen) atoms. The van der Waals surface area contributed by atoms with E-state index in [4.69, 9.17) is 26.2 Å². The van der Waals surface area contributed by atoms with Crippen molar-refractivity contribution in [2.24, 2.45) is 5.92 Å². The molecular formula is C15H19ClO5. The molecule has 0 aliphatic rings. The number of carbonyl (C=O) groups is 2. The topological polar surface area (TPSA) is 72.8 Å². The third kappa shape index (κ3) is 4.72. The summed E-state index contributed by atoms with van der Waals surface area (Å²) in [6.07, 6.45) is -0.975. The fourth-order valence-corrected chi connectivity index (χ4v) is 2.01. The number of esters is 1. The molecule has 0 bridgehead atoms.